The summed E-state index contributed by atoms with van der Waals surface area (Å²) >= 11 is 3.30. The number of hydrogen-bond donors (Lipinski definition) is 0. The van der Waals surface area contributed by atoms with E-state index in [1.54, 1.807) is 11.3 Å². The van der Waals surface area contributed by atoms with E-state index >= 15 is 0 Å². The highest BCUT2D eigenvalue weighted by molar-refractivity contribution is 7.13. The van der Waals surface area contributed by atoms with Gasteiger partial charge in [0.15, 0.2) is 0 Å². The van der Waals surface area contributed by atoms with Crippen LogP contribution in [0.25, 0.3) is 0 Å². The summed E-state index contributed by atoms with van der Waals surface area (Å²) in [4.78, 5) is 21.2. The lowest BCUT2D eigenvalue weighted by Gasteiger charge is -2.33. The third-order valence-corrected chi connectivity index (χ3v) is 5.69. The number of carbonyl (C=O) groups is 1. The van der Waals surface area contributed by atoms with Gasteiger partial charge in [0.25, 0.3) is 5.91 Å². The first kappa shape index (κ1) is 12.8. The Morgan fingerprint density at radius 1 is 1.47 bits per heavy atom. The smallest absolute Gasteiger partial charge is 0.266 e. The second-order valence-electron chi connectivity index (χ2n) is 4.87. The van der Waals surface area contributed by atoms with Crippen molar-refractivity contribution in [3.05, 3.63) is 37.5 Å². The maximum absolute atomic E-state index is 12.7. The molecule has 100 valence electrons. The molecule has 2 aromatic rings. The van der Waals surface area contributed by atoms with Crippen LogP contribution < -0.4 is 0 Å². The van der Waals surface area contributed by atoms with Gasteiger partial charge >= 0.3 is 0 Å². The number of rotatable bonds is 1. The van der Waals surface area contributed by atoms with Crippen LogP contribution in [0.1, 0.15) is 43.8 Å². The third-order valence-electron chi connectivity index (χ3n) is 3.64. The summed E-state index contributed by atoms with van der Waals surface area (Å²) in [6, 6.07) is 2.32. The van der Waals surface area contributed by atoms with E-state index in [-0.39, 0.29) is 11.9 Å². The predicted octanol–water partition coefficient (Wildman–Crippen LogP) is 3.58. The zero-order chi connectivity index (χ0) is 13.6. The number of aromatic nitrogens is 1. The topological polar surface area (TPSA) is 33.2 Å². The minimum atomic E-state index is 0.132. The van der Waals surface area contributed by atoms with Gasteiger partial charge in [0, 0.05) is 11.4 Å². The van der Waals surface area contributed by atoms with Crippen molar-refractivity contribution < 1.29 is 4.79 Å². The van der Waals surface area contributed by atoms with Gasteiger partial charge in [-0.05, 0) is 44.2 Å². The number of fused-ring (bicyclic) bond motifs is 1. The molecule has 1 atom stereocenters. The molecule has 0 aromatic carbocycles. The Hall–Kier alpha value is -1.20. The van der Waals surface area contributed by atoms with Gasteiger partial charge in [-0.25, -0.2) is 4.98 Å². The Balaban J connectivity index is 1.92. The van der Waals surface area contributed by atoms with Crippen LogP contribution in [0.2, 0.25) is 0 Å². The number of thiazole rings is 1. The van der Waals surface area contributed by atoms with E-state index in [1.807, 2.05) is 18.7 Å². The van der Waals surface area contributed by atoms with E-state index in [0.717, 1.165) is 28.5 Å². The first-order valence-electron chi connectivity index (χ1n) is 6.39. The molecule has 3 heterocycles. The van der Waals surface area contributed by atoms with Crippen molar-refractivity contribution in [1.82, 2.24) is 9.88 Å². The second-order valence-corrected chi connectivity index (χ2v) is 7.07. The van der Waals surface area contributed by atoms with Crippen LogP contribution in [0.3, 0.4) is 0 Å². The summed E-state index contributed by atoms with van der Waals surface area (Å²) in [5.74, 6) is 0.132. The van der Waals surface area contributed by atoms with Crippen molar-refractivity contribution in [2.75, 3.05) is 6.54 Å². The molecular weight excluding hydrogens is 276 g/mol. The Bertz CT molecular complexity index is 629. The number of hydrogen-bond acceptors (Lipinski definition) is 4. The molecule has 0 bridgehead atoms. The SMILES string of the molecule is Cc1nc(C)c(C(=O)N2CCc3sccc3C2C)s1. The minimum absolute atomic E-state index is 0.132. The fourth-order valence-electron chi connectivity index (χ4n) is 2.65. The molecular formula is C14H16N2OS2. The van der Waals surface area contributed by atoms with Crippen molar-refractivity contribution in [2.24, 2.45) is 0 Å². The number of carbonyl (C=O) groups excluding carboxylic acids is 1. The molecule has 0 N–H and O–H groups in total. The van der Waals surface area contributed by atoms with Crippen molar-refractivity contribution in [3.8, 4) is 0 Å². The van der Waals surface area contributed by atoms with Crippen LogP contribution in [-0.4, -0.2) is 22.3 Å². The molecule has 0 saturated heterocycles. The quantitative estimate of drug-likeness (QED) is 0.805. The fourth-order valence-corrected chi connectivity index (χ4v) is 4.49. The zero-order valence-electron chi connectivity index (χ0n) is 11.3. The van der Waals surface area contributed by atoms with Gasteiger partial charge in [0.05, 0.1) is 16.7 Å². The highest BCUT2D eigenvalue weighted by Crippen LogP contribution is 2.34. The van der Waals surface area contributed by atoms with Crippen molar-refractivity contribution in [3.63, 3.8) is 0 Å². The number of thiophene rings is 1. The first-order valence-corrected chi connectivity index (χ1v) is 8.09. The largest absolute Gasteiger partial charge is 0.331 e. The lowest BCUT2D eigenvalue weighted by Crippen LogP contribution is -2.38. The number of amides is 1. The van der Waals surface area contributed by atoms with Gasteiger partial charge in [0.1, 0.15) is 4.88 Å². The van der Waals surface area contributed by atoms with Gasteiger partial charge in [-0.1, -0.05) is 0 Å². The van der Waals surface area contributed by atoms with E-state index in [4.69, 9.17) is 0 Å². The average Bonchev–Trinajstić information content (AvgIpc) is 2.96. The van der Waals surface area contributed by atoms with Gasteiger partial charge < -0.3 is 4.90 Å². The van der Waals surface area contributed by atoms with E-state index in [1.165, 1.54) is 21.8 Å². The highest BCUT2D eigenvalue weighted by Gasteiger charge is 2.30. The molecule has 5 heteroatoms. The molecule has 3 nitrogen and oxygen atoms in total. The normalized spacial score (nSPS) is 18.5. The van der Waals surface area contributed by atoms with Crippen molar-refractivity contribution in [1.29, 1.82) is 0 Å². The first-order chi connectivity index (χ1) is 9.08. The second kappa shape index (κ2) is 4.72. The molecule has 2 aromatic heterocycles. The monoisotopic (exact) mass is 292 g/mol. The van der Waals surface area contributed by atoms with E-state index in [9.17, 15) is 4.79 Å². The Kier molecular flexibility index (Phi) is 3.19. The molecule has 0 radical (unpaired) electrons. The third kappa shape index (κ3) is 2.11. The van der Waals surface area contributed by atoms with E-state index in [0.29, 0.717) is 0 Å². The lowest BCUT2D eigenvalue weighted by molar-refractivity contribution is 0.0683. The van der Waals surface area contributed by atoms with Gasteiger partial charge in [0.2, 0.25) is 0 Å². The Morgan fingerprint density at radius 3 is 2.95 bits per heavy atom. The maximum Gasteiger partial charge on any atom is 0.266 e. The summed E-state index contributed by atoms with van der Waals surface area (Å²) in [6.45, 7) is 6.79. The van der Waals surface area contributed by atoms with Gasteiger partial charge in [-0.3, -0.25) is 4.79 Å². The van der Waals surface area contributed by atoms with E-state index < -0.39 is 0 Å². The molecule has 19 heavy (non-hydrogen) atoms. The number of aryl methyl sites for hydroxylation is 2. The summed E-state index contributed by atoms with van der Waals surface area (Å²) in [7, 11) is 0. The van der Waals surface area contributed by atoms with Crippen molar-refractivity contribution in [2.45, 2.75) is 33.2 Å². The lowest BCUT2D eigenvalue weighted by atomic mass is 10.0. The van der Waals surface area contributed by atoms with Crippen LogP contribution in [0.4, 0.5) is 0 Å². The Labute approximate surface area is 120 Å². The zero-order valence-corrected chi connectivity index (χ0v) is 12.9. The maximum atomic E-state index is 12.7. The molecule has 1 unspecified atom stereocenters. The molecule has 3 rings (SSSR count). The van der Waals surface area contributed by atoms with Crippen LogP contribution in [-0.2, 0) is 6.42 Å². The van der Waals surface area contributed by atoms with Crippen molar-refractivity contribution >= 4 is 28.6 Å². The summed E-state index contributed by atoms with van der Waals surface area (Å²) < 4.78 is 0. The van der Waals surface area contributed by atoms with Gasteiger partial charge in [-0.15, -0.1) is 22.7 Å². The molecule has 1 aliphatic heterocycles. The summed E-state index contributed by atoms with van der Waals surface area (Å²) in [5, 5.41) is 3.08. The van der Waals surface area contributed by atoms with Crippen LogP contribution >= 0.6 is 22.7 Å². The number of nitrogens with zero attached hydrogens (tertiary/aromatic N) is 2. The summed E-state index contributed by atoms with van der Waals surface area (Å²) in [5.41, 5.74) is 2.17. The molecule has 0 aliphatic carbocycles. The average molecular weight is 292 g/mol. The minimum Gasteiger partial charge on any atom is -0.331 e. The molecule has 0 saturated carbocycles. The molecule has 0 spiro atoms. The van der Waals surface area contributed by atoms with Crippen LogP contribution in [0.5, 0.6) is 0 Å². The standard InChI is InChI=1S/C14H16N2OS2/c1-8-13(19-10(3)15-8)14(17)16-6-4-12-11(9(16)2)5-7-18-12/h5,7,9H,4,6H2,1-3H3. The van der Waals surface area contributed by atoms with Crippen LogP contribution in [0, 0.1) is 13.8 Å². The molecule has 1 amide bonds. The molecule has 0 fully saturated rings. The van der Waals surface area contributed by atoms with E-state index in [2.05, 4.69) is 23.4 Å². The predicted molar refractivity (Wildman–Crippen MR) is 79.1 cm³/mol. The molecule has 1 aliphatic rings. The van der Waals surface area contributed by atoms with Crippen LogP contribution in [0.15, 0.2) is 11.4 Å². The fraction of sp³-hybridized carbons (Fsp3) is 0.429. The van der Waals surface area contributed by atoms with Gasteiger partial charge in [-0.2, -0.15) is 0 Å². The Morgan fingerprint density at radius 2 is 2.26 bits per heavy atom. The summed E-state index contributed by atoms with van der Waals surface area (Å²) in [6.07, 6.45) is 0.972. The highest BCUT2D eigenvalue weighted by atomic mass is 32.1.